The SMILES string of the molecule is CC#CCC(C(=O)O)(C(=O)OCC)c1ccc(F)cc1. The molecule has 1 atom stereocenters. The molecular weight excluding hydrogens is 263 g/mol. The number of hydrogen-bond donors (Lipinski definition) is 1. The molecule has 1 rings (SSSR count). The normalized spacial score (nSPS) is 12.8. The van der Waals surface area contributed by atoms with Gasteiger partial charge < -0.3 is 9.84 Å². The number of carboxylic acid groups (broad SMARTS) is 1. The van der Waals surface area contributed by atoms with Gasteiger partial charge in [0.15, 0.2) is 0 Å². The van der Waals surface area contributed by atoms with Crippen molar-refractivity contribution >= 4 is 11.9 Å². The minimum atomic E-state index is -1.94. The van der Waals surface area contributed by atoms with Crippen LogP contribution in [0, 0.1) is 17.7 Å². The predicted molar refractivity (Wildman–Crippen MR) is 70.4 cm³/mol. The number of halogens is 1. The Hall–Kier alpha value is -2.35. The highest BCUT2D eigenvalue weighted by Gasteiger charge is 2.49. The molecule has 0 heterocycles. The van der Waals surface area contributed by atoms with Gasteiger partial charge in [-0.05, 0) is 31.5 Å². The van der Waals surface area contributed by atoms with Crippen molar-refractivity contribution < 1.29 is 23.8 Å². The molecule has 4 nitrogen and oxygen atoms in total. The summed E-state index contributed by atoms with van der Waals surface area (Å²) in [5, 5.41) is 9.51. The van der Waals surface area contributed by atoms with E-state index < -0.39 is 23.2 Å². The Morgan fingerprint density at radius 1 is 1.35 bits per heavy atom. The number of hydrogen-bond acceptors (Lipinski definition) is 3. The van der Waals surface area contributed by atoms with Crippen LogP contribution < -0.4 is 0 Å². The standard InChI is InChI=1S/C15H15FO4/c1-3-5-10-15(13(17)18,14(19)20-4-2)11-6-8-12(16)9-7-11/h6-9H,4,10H2,1-2H3,(H,17,18). The van der Waals surface area contributed by atoms with Gasteiger partial charge in [0.05, 0.1) is 6.61 Å². The first-order valence-electron chi connectivity index (χ1n) is 6.05. The molecule has 106 valence electrons. The van der Waals surface area contributed by atoms with Crippen molar-refractivity contribution in [2.45, 2.75) is 25.7 Å². The third-order valence-electron chi connectivity index (χ3n) is 2.86. The largest absolute Gasteiger partial charge is 0.480 e. The van der Waals surface area contributed by atoms with Crippen molar-refractivity contribution in [2.24, 2.45) is 0 Å². The van der Waals surface area contributed by atoms with Crippen molar-refractivity contribution in [2.75, 3.05) is 6.61 Å². The molecule has 5 heteroatoms. The van der Waals surface area contributed by atoms with Crippen molar-refractivity contribution in [3.05, 3.63) is 35.6 Å². The maximum Gasteiger partial charge on any atom is 0.329 e. The molecule has 1 aromatic carbocycles. The number of carbonyl (C=O) groups excluding carboxylic acids is 1. The maximum absolute atomic E-state index is 13.0. The minimum absolute atomic E-state index is 0.0502. The molecule has 0 spiro atoms. The van der Waals surface area contributed by atoms with Crippen LogP contribution in [0.2, 0.25) is 0 Å². The summed E-state index contributed by atoms with van der Waals surface area (Å²) >= 11 is 0. The summed E-state index contributed by atoms with van der Waals surface area (Å²) in [5.74, 6) is 2.37. The number of ether oxygens (including phenoxy) is 1. The van der Waals surface area contributed by atoms with Gasteiger partial charge in [-0.2, -0.15) is 0 Å². The van der Waals surface area contributed by atoms with E-state index in [4.69, 9.17) is 4.74 Å². The monoisotopic (exact) mass is 278 g/mol. The number of rotatable bonds is 5. The fourth-order valence-corrected chi connectivity index (χ4v) is 1.79. The highest BCUT2D eigenvalue weighted by atomic mass is 19.1. The molecular formula is C15H15FO4. The van der Waals surface area contributed by atoms with Gasteiger partial charge in [-0.15, -0.1) is 11.8 Å². The van der Waals surface area contributed by atoms with Crippen LogP contribution in [0.4, 0.5) is 4.39 Å². The van der Waals surface area contributed by atoms with Gasteiger partial charge in [-0.1, -0.05) is 12.1 Å². The average Bonchev–Trinajstić information content (AvgIpc) is 2.41. The lowest BCUT2D eigenvalue weighted by atomic mass is 9.77. The summed E-state index contributed by atoms with van der Waals surface area (Å²) in [6.07, 6.45) is -0.233. The molecule has 0 aliphatic rings. The Balaban J connectivity index is 3.42. The third-order valence-corrected chi connectivity index (χ3v) is 2.86. The Bertz CT molecular complexity index is 553. The van der Waals surface area contributed by atoms with Gasteiger partial charge in [0.2, 0.25) is 5.41 Å². The zero-order valence-corrected chi connectivity index (χ0v) is 11.3. The van der Waals surface area contributed by atoms with Crippen LogP contribution in [0.1, 0.15) is 25.8 Å². The molecule has 0 aliphatic carbocycles. The number of carbonyl (C=O) groups is 2. The van der Waals surface area contributed by atoms with Crippen molar-refractivity contribution in [3.8, 4) is 11.8 Å². The van der Waals surface area contributed by atoms with E-state index in [1.165, 1.54) is 12.1 Å². The Morgan fingerprint density at radius 2 is 1.95 bits per heavy atom. The topological polar surface area (TPSA) is 63.6 Å². The highest BCUT2D eigenvalue weighted by molar-refractivity contribution is 6.06. The molecule has 0 aromatic heterocycles. The van der Waals surface area contributed by atoms with E-state index in [2.05, 4.69) is 11.8 Å². The highest BCUT2D eigenvalue weighted by Crippen LogP contribution is 2.30. The van der Waals surface area contributed by atoms with Crippen LogP contribution in [0.25, 0.3) is 0 Å². The zero-order chi connectivity index (χ0) is 15.2. The maximum atomic E-state index is 13.0. The van der Waals surface area contributed by atoms with Crippen molar-refractivity contribution in [1.29, 1.82) is 0 Å². The van der Waals surface area contributed by atoms with Gasteiger partial charge in [0, 0.05) is 6.42 Å². The molecule has 0 radical (unpaired) electrons. The summed E-state index contributed by atoms with van der Waals surface area (Å²) in [5.41, 5.74) is -1.79. The van der Waals surface area contributed by atoms with Crippen LogP contribution in [0.3, 0.4) is 0 Å². The van der Waals surface area contributed by atoms with Gasteiger partial charge >= 0.3 is 11.9 Å². The molecule has 1 N–H and O–H groups in total. The summed E-state index contributed by atoms with van der Waals surface area (Å²) in [6, 6.07) is 4.73. The van der Waals surface area contributed by atoms with Gasteiger partial charge in [0.1, 0.15) is 5.82 Å². The second kappa shape index (κ2) is 6.71. The number of esters is 1. The average molecular weight is 278 g/mol. The number of aliphatic carboxylic acids is 1. The smallest absolute Gasteiger partial charge is 0.329 e. The Kier molecular flexibility index (Phi) is 5.27. The fraction of sp³-hybridized carbons (Fsp3) is 0.333. The van der Waals surface area contributed by atoms with E-state index in [0.717, 1.165) is 12.1 Å². The van der Waals surface area contributed by atoms with E-state index in [1.54, 1.807) is 13.8 Å². The first kappa shape index (κ1) is 15.7. The van der Waals surface area contributed by atoms with Crippen molar-refractivity contribution in [1.82, 2.24) is 0 Å². The predicted octanol–water partition coefficient (Wildman–Crippen LogP) is 2.12. The molecule has 0 amide bonds. The zero-order valence-electron chi connectivity index (χ0n) is 11.3. The van der Waals surface area contributed by atoms with E-state index in [1.807, 2.05) is 0 Å². The lowest BCUT2D eigenvalue weighted by Gasteiger charge is -2.25. The fourth-order valence-electron chi connectivity index (χ4n) is 1.79. The second-order valence-corrected chi connectivity index (χ2v) is 4.04. The molecule has 0 saturated carbocycles. The molecule has 0 bridgehead atoms. The summed E-state index contributed by atoms with van der Waals surface area (Å²) in [7, 11) is 0. The van der Waals surface area contributed by atoms with E-state index in [9.17, 15) is 19.1 Å². The molecule has 0 saturated heterocycles. The lowest BCUT2D eigenvalue weighted by Crippen LogP contribution is -2.44. The van der Waals surface area contributed by atoms with Gasteiger partial charge in [-0.25, -0.2) is 4.39 Å². The Morgan fingerprint density at radius 3 is 2.40 bits per heavy atom. The van der Waals surface area contributed by atoms with Crippen LogP contribution in [-0.4, -0.2) is 23.7 Å². The van der Waals surface area contributed by atoms with Crippen LogP contribution in [-0.2, 0) is 19.7 Å². The Labute approximate surface area is 116 Å². The van der Waals surface area contributed by atoms with E-state index in [0.29, 0.717) is 0 Å². The third kappa shape index (κ3) is 2.97. The number of benzene rings is 1. The molecule has 0 fully saturated rings. The first-order chi connectivity index (χ1) is 9.48. The van der Waals surface area contributed by atoms with Gasteiger partial charge in [0.25, 0.3) is 0 Å². The van der Waals surface area contributed by atoms with Gasteiger partial charge in [-0.3, -0.25) is 9.59 Å². The lowest BCUT2D eigenvalue weighted by molar-refractivity contribution is -0.161. The van der Waals surface area contributed by atoms with Crippen LogP contribution in [0.15, 0.2) is 24.3 Å². The number of carboxylic acids is 1. The quantitative estimate of drug-likeness (QED) is 0.509. The minimum Gasteiger partial charge on any atom is -0.480 e. The molecule has 0 aliphatic heterocycles. The summed E-state index contributed by atoms with van der Waals surface area (Å²) < 4.78 is 17.9. The molecule has 1 unspecified atom stereocenters. The van der Waals surface area contributed by atoms with Crippen LogP contribution in [0.5, 0.6) is 0 Å². The van der Waals surface area contributed by atoms with Crippen LogP contribution >= 0.6 is 0 Å². The molecule has 20 heavy (non-hydrogen) atoms. The van der Waals surface area contributed by atoms with E-state index in [-0.39, 0.29) is 18.6 Å². The van der Waals surface area contributed by atoms with Crippen molar-refractivity contribution in [3.63, 3.8) is 0 Å². The summed E-state index contributed by atoms with van der Waals surface area (Å²) in [6.45, 7) is 3.18. The molecule has 1 aromatic rings. The second-order valence-electron chi connectivity index (χ2n) is 4.04. The van der Waals surface area contributed by atoms with E-state index >= 15 is 0 Å². The first-order valence-corrected chi connectivity index (χ1v) is 6.05. The summed E-state index contributed by atoms with van der Waals surface area (Å²) in [4.78, 5) is 23.8.